The second-order valence-corrected chi connectivity index (χ2v) is 7.78. The summed E-state index contributed by atoms with van der Waals surface area (Å²) in [4.78, 5) is 24.3. The van der Waals surface area contributed by atoms with Crippen LogP contribution in [0.5, 0.6) is 5.75 Å². The monoisotopic (exact) mass is 427 g/mol. The average Bonchev–Trinajstić information content (AvgIpc) is 2.71. The van der Waals surface area contributed by atoms with E-state index in [9.17, 15) is 9.59 Å². The number of hydrogen-bond acceptors (Lipinski definition) is 4. The highest BCUT2D eigenvalue weighted by Gasteiger charge is 2.09. The van der Waals surface area contributed by atoms with Crippen molar-refractivity contribution < 1.29 is 14.3 Å². The maximum Gasteiger partial charge on any atom is 0.257 e. The molecule has 0 saturated carbocycles. The lowest BCUT2D eigenvalue weighted by atomic mass is 10.2. The molecule has 0 fully saturated rings. The van der Waals surface area contributed by atoms with Gasteiger partial charge in [0.15, 0.2) is 5.11 Å². The van der Waals surface area contributed by atoms with Gasteiger partial charge in [0.25, 0.3) is 5.91 Å². The highest BCUT2D eigenvalue weighted by Crippen LogP contribution is 2.16. The van der Waals surface area contributed by atoms with Crippen molar-refractivity contribution in [2.75, 3.05) is 17.2 Å². The molecule has 2 aromatic rings. The summed E-state index contributed by atoms with van der Waals surface area (Å²) < 4.78 is 5.62. The minimum Gasteiger partial charge on any atom is -0.493 e. The zero-order valence-electron chi connectivity index (χ0n) is 17.7. The van der Waals surface area contributed by atoms with Crippen LogP contribution in [-0.4, -0.2) is 23.5 Å². The van der Waals surface area contributed by atoms with Crippen LogP contribution in [0.2, 0.25) is 0 Å². The van der Waals surface area contributed by atoms with Gasteiger partial charge in [0.1, 0.15) is 5.75 Å². The molecule has 0 aliphatic rings. The van der Waals surface area contributed by atoms with E-state index >= 15 is 0 Å². The van der Waals surface area contributed by atoms with E-state index in [1.807, 2.05) is 6.92 Å². The second-order valence-electron chi connectivity index (χ2n) is 7.37. The largest absolute Gasteiger partial charge is 0.493 e. The van der Waals surface area contributed by atoms with Gasteiger partial charge in [-0.05, 0) is 67.0 Å². The summed E-state index contributed by atoms with van der Waals surface area (Å²) in [6.07, 6.45) is 2.31. The number of anilines is 2. The first kappa shape index (κ1) is 23.3. The van der Waals surface area contributed by atoms with Crippen molar-refractivity contribution in [2.24, 2.45) is 5.92 Å². The Balaban J connectivity index is 1.88. The van der Waals surface area contributed by atoms with Gasteiger partial charge in [-0.25, -0.2) is 0 Å². The van der Waals surface area contributed by atoms with Gasteiger partial charge in [0, 0.05) is 23.4 Å². The third kappa shape index (κ3) is 8.21. The van der Waals surface area contributed by atoms with E-state index in [-0.39, 0.29) is 16.9 Å². The van der Waals surface area contributed by atoms with Gasteiger partial charge in [0.2, 0.25) is 5.91 Å². The molecule has 6 nitrogen and oxygen atoms in total. The number of carbonyl (C=O) groups is 2. The molecule has 0 atom stereocenters. The molecule has 0 spiro atoms. The first-order chi connectivity index (χ1) is 14.4. The Hall–Kier alpha value is -2.93. The summed E-state index contributed by atoms with van der Waals surface area (Å²) >= 11 is 5.24. The van der Waals surface area contributed by atoms with Gasteiger partial charge in [-0.3, -0.25) is 14.9 Å². The highest BCUT2D eigenvalue weighted by atomic mass is 32.1. The fourth-order valence-corrected chi connectivity index (χ4v) is 2.75. The Kier molecular flexibility index (Phi) is 9.28. The molecule has 0 aromatic heterocycles. The van der Waals surface area contributed by atoms with Crippen molar-refractivity contribution in [3.63, 3.8) is 0 Å². The molecule has 160 valence electrons. The first-order valence-corrected chi connectivity index (χ1v) is 10.5. The van der Waals surface area contributed by atoms with Crippen LogP contribution in [0.15, 0.2) is 48.5 Å². The molecule has 0 radical (unpaired) electrons. The van der Waals surface area contributed by atoms with Gasteiger partial charge < -0.3 is 15.4 Å². The fourth-order valence-electron chi connectivity index (χ4n) is 2.54. The highest BCUT2D eigenvalue weighted by molar-refractivity contribution is 7.80. The van der Waals surface area contributed by atoms with Gasteiger partial charge >= 0.3 is 0 Å². The number of carbonyl (C=O) groups excluding carboxylic acids is 2. The minimum atomic E-state index is -0.313. The van der Waals surface area contributed by atoms with Crippen LogP contribution >= 0.6 is 12.2 Å². The molecule has 2 amide bonds. The molecule has 0 unspecified atom stereocenters. The number of unbranched alkanes of at least 4 members (excludes halogenated alkanes) is 1. The van der Waals surface area contributed by atoms with Crippen LogP contribution in [0.4, 0.5) is 11.4 Å². The van der Waals surface area contributed by atoms with E-state index in [0.717, 1.165) is 18.6 Å². The lowest BCUT2D eigenvalue weighted by molar-refractivity contribution is -0.116. The minimum absolute atomic E-state index is 0.0225. The molecule has 0 bridgehead atoms. The molecule has 30 heavy (non-hydrogen) atoms. The number of rotatable bonds is 9. The van der Waals surface area contributed by atoms with E-state index in [2.05, 4.69) is 29.8 Å². The van der Waals surface area contributed by atoms with Crippen LogP contribution in [-0.2, 0) is 4.79 Å². The molecule has 7 heteroatoms. The Morgan fingerprint density at radius 1 is 1.03 bits per heavy atom. The third-order valence-electron chi connectivity index (χ3n) is 4.09. The maximum absolute atomic E-state index is 12.4. The molecule has 2 aromatic carbocycles. The van der Waals surface area contributed by atoms with E-state index in [1.165, 1.54) is 0 Å². The van der Waals surface area contributed by atoms with Crippen LogP contribution in [0, 0.1) is 5.92 Å². The molecule has 0 aliphatic heterocycles. The van der Waals surface area contributed by atoms with E-state index < -0.39 is 0 Å². The first-order valence-electron chi connectivity index (χ1n) is 10.1. The van der Waals surface area contributed by atoms with Crippen molar-refractivity contribution in [3.05, 3.63) is 54.1 Å². The standard InChI is InChI=1S/C23H29N3O3S/c1-4-5-9-21(27)24-18-7-6-8-19(14-18)25-23(30)26-22(28)17-10-12-20(13-11-17)29-15-16(2)3/h6-8,10-14,16H,4-5,9,15H2,1-3H3,(H,24,27)(H2,25,26,28,30). The Bertz CT molecular complexity index is 866. The maximum atomic E-state index is 12.4. The quantitative estimate of drug-likeness (QED) is 0.492. The second kappa shape index (κ2) is 11.9. The van der Waals surface area contributed by atoms with Crippen LogP contribution < -0.4 is 20.7 Å². The molecule has 3 N–H and O–H groups in total. The van der Waals surface area contributed by atoms with Crippen molar-refractivity contribution in [1.29, 1.82) is 0 Å². The summed E-state index contributed by atoms with van der Waals surface area (Å²) in [7, 11) is 0. The van der Waals surface area contributed by atoms with Gasteiger partial charge in [0.05, 0.1) is 6.61 Å². The SMILES string of the molecule is CCCCC(=O)Nc1cccc(NC(=S)NC(=O)c2ccc(OCC(C)C)cc2)c1. The summed E-state index contributed by atoms with van der Waals surface area (Å²) in [6, 6.07) is 14.1. The number of thiocarbonyl (C=S) groups is 1. The number of hydrogen-bond donors (Lipinski definition) is 3. The number of nitrogens with one attached hydrogen (secondary N) is 3. The Morgan fingerprint density at radius 2 is 1.70 bits per heavy atom. The smallest absolute Gasteiger partial charge is 0.257 e. The van der Waals surface area contributed by atoms with Crippen LogP contribution in [0.1, 0.15) is 50.4 Å². The predicted molar refractivity (Wildman–Crippen MR) is 125 cm³/mol. The lowest BCUT2D eigenvalue weighted by Gasteiger charge is -2.12. The topological polar surface area (TPSA) is 79.5 Å². The Morgan fingerprint density at radius 3 is 2.33 bits per heavy atom. The summed E-state index contributed by atoms with van der Waals surface area (Å²) in [6.45, 7) is 6.82. The molecule has 0 saturated heterocycles. The zero-order valence-corrected chi connectivity index (χ0v) is 18.5. The number of ether oxygens (including phenoxy) is 1. The fraction of sp³-hybridized carbons (Fsp3) is 0.348. The van der Waals surface area contributed by atoms with E-state index in [0.29, 0.717) is 35.9 Å². The van der Waals surface area contributed by atoms with Crippen molar-refractivity contribution >= 4 is 40.5 Å². The van der Waals surface area contributed by atoms with Gasteiger partial charge in [-0.1, -0.05) is 33.3 Å². The van der Waals surface area contributed by atoms with Crippen LogP contribution in [0.3, 0.4) is 0 Å². The molecule has 0 heterocycles. The van der Waals surface area contributed by atoms with Gasteiger partial charge in [-0.15, -0.1) is 0 Å². The van der Waals surface area contributed by atoms with Crippen molar-refractivity contribution in [1.82, 2.24) is 5.32 Å². The van der Waals surface area contributed by atoms with Gasteiger partial charge in [-0.2, -0.15) is 0 Å². The molecule has 2 rings (SSSR count). The summed E-state index contributed by atoms with van der Waals surface area (Å²) in [5.74, 6) is 0.816. The number of benzene rings is 2. The van der Waals surface area contributed by atoms with Crippen molar-refractivity contribution in [2.45, 2.75) is 40.0 Å². The van der Waals surface area contributed by atoms with Crippen molar-refractivity contribution in [3.8, 4) is 5.75 Å². The lowest BCUT2D eigenvalue weighted by Crippen LogP contribution is -2.34. The summed E-state index contributed by atoms with van der Waals surface area (Å²) in [5.41, 5.74) is 1.83. The van der Waals surface area contributed by atoms with E-state index in [1.54, 1.807) is 48.5 Å². The zero-order chi connectivity index (χ0) is 21.9. The van der Waals surface area contributed by atoms with Crippen LogP contribution in [0.25, 0.3) is 0 Å². The average molecular weight is 428 g/mol. The molecular weight excluding hydrogens is 398 g/mol. The predicted octanol–water partition coefficient (Wildman–Crippen LogP) is 4.98. The summed E-state index contributed by atoms with van der Waals surface area (Å²) in [5, 5.41) is 8.66. The third-order valence-corrected chi connectivity index (χ3v) is 4.29. The van der Waals surface area contributed by atoms with E-state index in [4.69, 9.17) is 17.0 Å². The normalized spacial score (nSPS) is 10.4. The molecule has 0 aliphatic carbocycles. The number of amides is 2. The molecular formula is C23H29N3O3S. The Labute approximate surface area is 183 Å².